The van der Waals surface area contributed by atoms with Crippen LogP contribution in [0.4, 0.5) is 5.69 Å². The van der Waals surface area contributed by atoms with Crippen LogP contribution in [0, 0.1) is 0 Å². The van der Waals surface area contributed by atoms with Crippen LogP contribution in [0.3, 0.4) is 0 Å². The summed E-state index contributed by atoms with van der Waals surface area (Å²) in [6, 6.07) is 5.43. The largest absolute Gasteiger partial charge is 0.385 e. The van der Waals surface area contributed by atoms with E-state index in [0.717, 1.165) is 23.4 Å². The monoisotopic (exact) mass is 287 g/mol. The molecule has 1 aromatic carbocycles. The Morgan fingerprint density at radius 1 is 1.24 bits per heavy atom. The van der Waals surface area contributed by atoms with Crippen LogP contribution in [0.2, 0.25) is 0 Å². The highest BCUT2D eigenvalue weighted by molar-refractivity contribution is 6.21. The minimum Gasteiger partial charge on any atom is -0.385 e. The lowest BCUT2D eigenvalue weighted by atomic mass is 10.1. The molecule has 110 valence electrons. The van der Waals surface area contributed by atoms with Gasteiger partial charge in [0.05, 0.1) is 11.1 Å². The average molecular weight is 287 g/mol. The van der Waals surface area contributed by atoms with Gasteiger partial charge in [0.2, 0.25) is 5.91 Å². The lowest BCUT2D eigenvalue weighted by Crippen LogP contribution is -2.27. The SMILES string of the molecule is CN1C(=O)c2ccc(NCCC(=O)NC3CC3)cc2C1=O. The van der Waals surface area contributed by atoms with E-state index in [0.29, 0.717) is 30.1 Å². The molecular weight excluding hydrogens is 270 g/mol. The molecule has 1 aliphatic heterocycles. The zero-order valence-corrected chi connectivity index (χ0v) is 11.8. The third-order valence-electron chi connectivity index (χ3n) is 3.71. The number of nitrogens with one attached hydrogen (secondary N) is 2. The summed E-state index contributed by atoms with van der Waals surface area (Å²) in [7, 11) is 1.47. The van der Waals surface area contributed by atoms with E-state index < -0.39 is 0 Å². The van der Waals surface area contributed by atoms with Crippen molar-refractivity contribution in [3.05, 3.63) is 29.3 Å². The summed E-state index contributed by atoms with van der Waals surface area (Å²) in [5.41, 5.74) is 1.58. The molecule has 2 aliphatic rings. The summed E-state index contributed by atoms with van der Waals surface area (Å²) in [6.07, 6.45) is 2.54. The molecule has 0 atom stereocenters. The third kappa shape index (κ3) is 2.74. The molecule has 0 unspecified atom stereocenters. The van der Waals surface area contributed by atoms with Gasteiger partial charge >= 0.3 is 0 Å². The van der Waals surface area contributed by atoms with Gasteiger partial charge in [-0.3, -0.25) is 19.3 Å². The first kappa shape index (κ1) is 13.6. The number of anilines is 1. The van der Waals surface area contributed by atoms with Gasteiger partial charge in [-0.15, -0.1) is 0 Å². The van der Waals surface area contributed by atoms with Crippen molar-refractivity contribution in [2.75, 3.05) is 18.9 Å². The van der Waals surface area contributed by atoms with Crippen LogP contribution in [0.15, 0.2) is 18.2 Å². The second-order valence-electron chi connectivity index (χ2n) is 5.45. The lowest BCUT2D eigenvalue weighted by Gasteiger charge is -2.07. The second-order valence-corrected chi connectivity index (χ2v) is 5.45. The maximum absolute atomic E-state index is 11.9. The molecule has 2 N–H and O–H groups in total. The smallest absolute Gasteiger partial charge is 0.261 e. The van der Waals surface area contributed by atoms with Crippen molar-refractivity contribution in [2.45, 2.75) is 25.3 Å². The van der Waals surface area contributed by atoms with Crippen molar-refractivity contribution in [1.29, 1.82) is 0 Å². The Bertz CT molecular complexity index is 623. The zero-order chi connectivity index (χ0) is 15.0. The molecule has 0 spiro atoms. The van der Waals surface area contributed by atoms with Gasteiger partial charge in [0, 0.05) is 31.7 Å². The summed E-state index contributed by atoms with van der Waals surface area (Å²) in [6.45, 7) is 0.495. The van der Waals surface area contributed by atoms with E-state index >= 15 is 0 Å². The molecule has 3 amide bonds. The molecule has 6 nitrogen and oxygen atoms in total. The molecule has 1 aromatic rings. The Kier molecular flexibility index (Phi) is 3.37. The number of imide groups is 1. The van der Waals surface area contributed by atoms with E-state index in [1.54, 1.807) is 18.2 Å². The normalized spacial score (nSPS) is 16.9. The highest BCUT2D eigenvalue weighted by atomic mass is 16.2. The number of amides is 3. The van der Waals surface area contributed by atoms with E-state index in [1.165, 1.54) is 7.05 Å². The highest BCUT2D eigenvalue weighted by Gasteiger charge is 2.32. The molecule has 3 rings (SSSR count). The van der Waals surface area contributed by atoms with Gasteiger partial charge in [0.15, 0.2) is 0 Å². The van der Waals surface area contributed by atoms with Crippen LogP contribution in [0.25, 0.3) is 0 Å². The van der Waals surface area contributed by atoms with E-state index in [1.807, 2.05) is 0 Å². The molecule has 1 heterocycles. The first-order valence-corrected chi connectivity index (χ1v) is 7.06. The van der Waals surface area contributed by atoms with Crippen LogP contribution < -0.4 is 10.6 Å². The van der Waals surface area contributed by atoms with Gasteiger partial charge in [0.1, 0.15) is 0 Å². The molecule has 1 saturated carbocycles. The maximum Gasteiger partial charge on any atom is 0.261 e. The number of hydrogen-bond donors (Lipinski definition) is 2. The predicted molar refractivity (Wildman–Crippen MR) is 77.1 cm³/mol. The molecular formula is C15H17N3O3. The summed E-state index contributed by atoms with van der Waals surface area (Å²) in [4.78, 5) is 36.3. The highest BCUT2D eigenvalue weighted by Crippen LogP contribution is 2.24. The molecule has 0 radical (unpaired) electrons. The quantitative estimate of drug-likeness (QED) is 0.792. The fourth-order valence-electron chi connectivity index (χ4n) is 2.32. The fourth-order valence-corrected chi connectivity index (χ4v) is 2.32. The Labute approximate surface area is 122 Å². The molecule has 0 aromatic heterocycles. The number of carbonyl (C=O) groups excluding carboxylic acids is 3. The van der Waals surface area contributed by atoms with Crippen molar-refractivity contribution in [3.8, 4) is 0 Å². The minimum absolute atomic E-state index is 0.0390. The van der Waals surface area contributed by atoms with Crippen molar-refractivity contribution < 1.29 is 14.4 Å². The Hall–Kier alpha value is -2.37. The molecule has 1 fully saturated rings. The van der Waals surface area contributed by atoms with Crippen LogP contribution in [-0.4, -0.2) is 42.3 Å². The Morgan fingerprint density at radius 2 is 1.95 bits per heavy atom. The van der Waals surface area contributed by atoms with E-state index in [9.17, 15) is 14.4 Å². The van der Waals surface area contributed by atoms with Crippen molar-refractivity contribution in [2.24, 2.45) is 0 Å². The van der Waals surface area contributed by atoms with Crippen LogP contribution in [-0.2, 0) is 4.79 Å². The number of rotatable bonds is 5. The Balaban J connectivity index is 1.58. The van der Waals surface area contributed by atoms with Gasteiger partial charge in [-0.25, -0.2) is 0 Å². The molecule has 0 saturated heterocycles. The van der Waals surface area contributed by atoms with Crippen molar-refractivity contribution in [1.82, 2.24) is 10.2 Å². The fraction of sp³-hybridized carbons (Fsp3) is 0.400. The molecule has 6 heteroatoms. The Morgan fingerprint density at radius 3 is 2.67 bits per heavy atom. The molecule has 1 aliphatic carbocycles. The van der Waals surface area contributed by atoms with E-state index in [-0.39, 0.29) is 17.7 Å². The third-order valence-corrected chi connectivity index (χ3v) is 3.71. The predicted octanol–water partition coefficient (Wildman–Crippen LogP) is 0.993. The summed E-state index contributed by atoms with van der Waals surface area (Å²) in [5.74, 6) is -0.521. The lowest BCUT2D eigenvalue weighted by molar-refractivity contribution is -0.120. The second kappa shape index (κ2) is 5.20. The van der Waals surface area contributed by atoms with E-state index in [2.05, 4.69) is 10.6 Å². The van der Waals surface area contributed by atoms with Gasteiger partial charge < -0.3 is 10.6 Å². The van der Waals surface area contributed by atoms with Gasteiger partial charge in [0.25, 0.3) is 11.8 Å². The maximum atomic E-state index is 11.9. The number of fused-ring (bicyclic) bond motifs is 1. The molecule has 21 heavy (non-hydrogen) atoms. The number of nitrogens with zero attached hydrogens (tertiary/aromatic N) is 1. The average Bonchev–Trinajstić information content (AvgIpc) is 3.25. The number of carbonyl (C=O) groups is 3. The zero-order valence-electron chi connectivity index (χ0n) is 11.8. The minimum atomic E-state index is -0.287. The van der Waals surface area contributed by atoms with Gasteiger partial charge in [-0.2, -0.15) is 0 Å². The van der Waals surface area contributed by atoms with Gasteiger partial charge in [-0.05, 0) is 31.0 Å². The van der Waals surface area contributed by atoms with Crippen LogP contribution in [0.1, 0.15) is 40.0 Å². The van der Waals surface area contributed by atoms with Crippen molar-refractivity contribution >= 4 is 23.4 Å². The molecule has 0 bridgehead atoms. The topological polar surface area (TPSA) is 78.5 Å². The van der Waals surface area contributed by atoms with Crippen LogP contribution >= 0.6 is 0 Å². The van der Waals surface area contributed by atoms with Crippen molar-refractivity contribution in [3.63, 3.8) is 0 Å². The van der Waals surface area contributed by atoms with E-state index in [4.69, 9.17) is 0 Å². The summed E-state index contributed by atoms with van der Waals surface area (Å²) >= 11 is 0. The number of hydrogen-bond acceptors (Lipinski definition) is 4. The first-order chi connectivity index (χ1) is 10.1. The van der Waals surface area contributed by atoms with Gasteiger partial charge in [-0.1, -0.05) is 0 Å². The standard InChI is InChI=1S/C15H17N3O3/c1-18-14(20)11-5-4-10(8-12(11)15(18)21)16-7-6-13(19)17-9-2-3-9/h4-5,8-9,16H,2-3,6-7H2,1H3,(H,17,19). The number of benzene rings is 1. The van der Waals surface area contributed by atoms with Crippen LogP contribution in [0.5, 0.6) is 0 Å². The first-order valence-electron chi connectivity index (χ1n) is 7.06. The summed E-state index contributed by atoms with van der Waals surface area (Å²) < 4.78 is 0. The summed E-state index contributed by atoms with van der Waals surface area (Å²) in [5, 5.41) is 6.02.